The molecule has 1 aromatic heterocycles. The van der Waals surface area contributed by atoms with Crippen molar-refractivity contribution in [1.29, 1.82) is 0 Å². The first-order valence-corrected chi connectivity index (χ1v) is 8.50. The van der Waals surface area contributed by atoms with Gasteiger partial charge in [0.25, 0.3) is 0 Å². The topological polar surface area (TPSA) is 32.3 Å². The van der Waals surface area contributed by atoms with E-state index in [0.29, 0.717) is 5.92 Å². The van der Waals surface area contributed by atoms with Gasteiger partial charge in [-0.05, 0) is 18.0 Å². The maximum absolute atomic E-state index is 4.47. The highest BCUT2D eigenvalue weighted by Crippen LogP contribution is 2.15. The number of likely N-dealkylation sites (N-methyl/N-ethyl adjacent to an activating group) is 1. The SMILES string of the molecule is CC.CC.CCN1CCN(c2ncc(C(C)C)cn2)CC1. The van der Waals surface area contributed by atoms with Crippen LogP contribution < -0.4 is 4.90 Å². The number of nitrogens with zero attached hydrogens (tertiary/aromatic N) is 4. The van der Waals surface area contributed by atoms with E-state index in [4.69, 9.17) is 0 Å². The van der Waals surface area contributed by atoms with Crippen LogP contribution in [0.15, 0.2) is 12.4 Å². The van der Waals surface area contributed by atoms with E-state index in [9.17, 15) is 0 Å². The van der Waals surface area contributed by atoms with Gasteiger partial charge < -0.3 is 9.80 Å². The predicted octanol–water partition coefficient (Wildman–Crippen LogP) is 3.79. The molecule has 0 bridgehead atoms. The molecule has 4 heteroatoms. The summed E-state index contributed by atoms with van der Waals surface area (Å²) in [7, 11) is 0. The fourth-order valence-corrected chi connectivity index (χ4v) is 2.06. The summed E-state index contributed by atoms with van der Waals surface area (Å²) in [6.45, 7) is 20.0. The summed E-state index contributed by atoms with van der Waals surface area (Å²) in [5.41, 5.74) is 1.21. The Balaban J connectivity index is 0.000000921. The van der Waals surface area contributed by atoms with Crippen molar-refractivity contribution in [3.8, 4) is 0 Å². The van der Waals surface area contributed by atoms with E-state index in [2.05, 4.69) is 40.5 Å². The predicted molar refractivity (Wildman–Crippen MR) is 93.1 cm³/mol. The second kappa shape index (κ2) is 11.5. The third-order valence-electron chi connectivity index (χ3n) is 3.43. The van der Waals surface area contributed by atoms with Crippen LogP contribution in [0, 0.1) is 0 Å². The fourth-order valence-electron chi connectivity index (χ4n) is 2.06. The minimum Gasteiger partial charge on any atom is -0.338 e. The highest BCUT2D eigenvalue weighted by atomic mass is 15.3. The summed E-state index contributed by atoms with van der Waals surface area (Å²) in [6.07, 6.45) is 3.92. The third-order valence-corrected chi connectivity index (χ3v) is 3.43. The number of rotatable bonds is 3. The van der Waals surface area contributed by atoms with Crippen LogP contribution in [0.2, 0.25) is 0 Å². The molecule has 0 unspecified atom stereocenters. The molecule has 0 radical (unpaired) electrons. The maximum atomic E-state index is 4.47. The molecule has 1 aliphatic rings. The van der Waals surface area contributed by atoms with Gasteiger partial charge in [0.1, 0.15) is 0 Å². The Bertz CT molecular complexity index is 340. The fraction of sp³-hybridized carbons (Fsp3) is 0.765. The molecule has 0 amide bonds. The zero-order valence-corrected chi connectivity index (χ0v) is 15.1. The molecule has 0 N–H and O–H groups in total. The van der Waals surface area contributed by atoms with E-state index in [1.165, 1.54) is 5.56 Å². The highest BCUT2D eigenvalue weighted by molar-refractivity contribution is 5.31. The zero-order chi connectivity index (χ0) is 16.3. The standard InChI is InChI=1S/C13H22N4.2C2H6/c1-4-16-5-7-17(8-6-16)13-14-9-12(10-15-13)11(2)3;2*1-2/h9-11H,4-8H2,1-3H3;2*1-2H3. The van der Waals surface area contributed by atoms with Crippen LogP contribution in [0.4, 0.5) is 5.95 Å². The van der Waals surface area contributed by atoms with Crippen molar-refractivity contribution in [2.75, 3.05) is 37.6 Å². The Hall–Kier alpha value is -1.16. The van der Waals surface area contributed by atoms with E-state index in [-0.39, 0.29) is 0 Å². The first-order valence-electron chi connectivity index (χ1n) is 8.50. The lowest BCUT2D eigenvalue weighted by Gasteiger charge is -2.34. The number of piperazine rings is 1. The van der Waals surface area contributed by atoms with Gasteiger partial charge in [-0.3, -0.25) is 0 Å². The number of hydrogen-bond acceptors (Lipinski definition) is 4. The van der Waals surface area contributed by atoms with Crippen LogP contribution in [-0.4, -0.2) is 47.6 Å². The molecule has 2 heterocycles. The van der Waals surface area contributed by atoms with E-state index in [1.54, 1.807) is 0 Å². The smallest absolute Gasteiger partial charge is 0.225 e. The number of aromatic nitrogens is 2. The van der Waals surface area contributed by atoms with Crippen LogP contribution in [0.1, 0.15) is 59.9 Å². The molecule has 0 atom stereocenters. The van der Waals surface area contributed by atoms with Crippen molar-refractivity contribution < 1.29 is 0 Å². The van der Waals surface area contributed by atoms with Crippen molar-refractivity contribution in [2.45, 2.75) is 54.4 Å². The monoisotopic (exact) mass is 294 g/mol. The van der Waals surface area contributed by atoms with Crippen molar-refractivity contribution in [2.24, 2.45) is 0 Å². The summed E-state index contributed by atoms with van der Waals surface area (Å²) in [4.78, 5) is 13.7. The summed E-state index contributed by atoms with van der Waals surface area (Å²) >= 11 is 0. The third kappa shape index (κ3) is 6.42. The van der Waals surface area contributed by atoms with Gasteiger partial charge in [-0.2, -0.15) is 0 Å². The van der Waals surface area contributed by atoms with Gasteiger partial charge >= 0.3 is 0 Å². The largest absolute Gasteiger partial charge is 0.338 e. The first kappa shape index (κ1) is 19.8. The quantitative estimate of drug-likeness (QED) is 0.849. The summed E-state index contributed by atoms with van der Waals surface area (Å²) < 4.78 is 0. The Morgan fingerprint density at radius 1 is 0.952 bits per heavy atom. The lowest BCUT2D eigenvalue weighted by Crippen LogP contribution is -2.46. The first-order chi connectivity index (χ1) is 10.2. The average molecular weight is 294 g/mol. The van der Waals surface area contributed by atoms with E-state index < -0.39 is 0 Å². The highest BCUT2D eigenvalue weighted by Gasteiger charge is 2.17. The van der Waals surface area contributed by atoms with E-state index in [1.807, 2.05) is 40.1 Å². The molecule has 122 valence electrons. The summed E-state index contributed by atoms with van der Waals surface area (Å²) in [5.74, 6) is 1.38. The molecule has 1 fully saturated rings. The molecule has 0 aliphatic carbocycles. The molecule has 2 rings (SSSR count). The second-order valence-electron chi connectivity index (χ2n) is 4.89. The molecule has 1 aromatic rings. The molecule has 0 saturated carbocycles. The molecular formula is C17H34N4. The van der Waals surface area contributed by atoms with Crippen LogP contribution in [0.5, 0.6) is 0 Å². The van der Waals surface area contributed by atoms with Crippen molar-refractivity contribution >= 4 is 5.95 Å². The van der Waals surface area contributed by atoms with E-state index >= 15 is 0 Å². The molecular weight excluding hydrogens is 260 g/mol. The number of anilines is 1. The average Bonchev–Trinajstić information content (AvgIpc) is 2.58. The molecule has 0 aromatic carbocycles. The molecule has 0 spiro atoms. The molecule has 4 nitrogen and oxygen atoms in total. The molecule has 21 heavy (non-hydrogen) atoms. The van der Waals surface area contributed by atoms with Gasteiger partial charge in [0.2, 0.25) is 5.95 Å². The summed E-state index contributed by atoms with van der Waals surface area (Å²) in [6, 6.07) is 0. The Morgan fingerprint density at radius 3 is 1.81 bits per heavy atom. The Morgan fingerprint density at radius 2 is 1.43 bits per heavy atom. The second-order valence-corrected chi connectivity index (χ2v) is 4.89. The lowest BCUT2D eigenvalue weighted by molar-refractivity contribution is 0.270. The summed E-state index contributed by atoms with van der Waals surface area (Å²) in [5, 5.41) is 0. The Kier molecular flexibility index (Phi) is 10.9. The van der Waals surface area contributed by atoms with Crippen molar-refractivity contribution in [3.63, 3.8) is 0 Å². The van der Waals surface area contributed by atoms with Crippen LogP contribution in [0.3, 0.4) is 0 Å². The van der Waals surface area contributed by atoms with Crippen LogP contribution in [0.25, 0.3) is 0 Å². The van der Waals surface area contributed by atoms with Crippen molar-refractivity contribution in [3.05, 3.63) is 18.0 Å². The van der Waals surface area contributed by atoms with Crippen molar-refractivity contribution in [1.82, 2.24) is 14.9 Å². The van der Waals surface area contributed by atoms with Crippen LogP contribution >= 0.6 is 0 Å². The Labute approximate surface area is 131 Å². The molecule has 1 aliphatic heterocycles. The van der Waals surface area contributed by atoms with E-state index in [0.717, 1.165) is 38.7 Å². The van der Waals surface area contributed by atoms with Gasteiger partial charge in [0, 0.05) is 38.6 Å². The maximum Gasteiger partial charge on any atom is 0.225 e. The minimum atomic E-state index is 0.501. The van der Waals surface area contributed by atoms with Gasteiger partial charge in [-0.15, -0.1) is 0 Å². The van der Waals surface area contributed by atoms with Gasteiger partial charge in [0.15, 0.2) is 0 Å². The lowest BCUT2D eigenvalue weighted by atomic mass is 10.1. The minimum absolute atomic E-state index is 0.501. The van der Waals surface area contributed by atoms with Gasteiger partial charge in [-0.25, -0.2) is 9.97 Å². The van der Waals surface area contributed by atoms with Gasteiger partial charge in [-0.1, -0.05) is 48.5 Å². The normalized spacial score (nSPS) is 15.0. The van der Waals surface area contributed by atoms with Gasteiger partial charge in [0.05, 0.1) is 0 Å². The van der Waals surface area contributed by atoms with Crippen LogP contribution in [-0.2, 0) is 0 Å². The number of hydrogen-bond donors (Lipinski definition) is 0. The molecule has 1 saturated heterocycles. The zero-order valence-electron chi connectivity index (χ0n) is 15.1.